The van der Waals surface area contributed by atoms with E-state index in [1.165, 1.54) is 0 Å². The minimum absolute atomic E-state index is 0.00822. The molecular formula is C26H33N3O4. The van der Waals surface area contributed by atoms with E-state index < -0.39 is 0 Å². The zero-order valence-electron chi connectivity index (χ0n) is 19.6. The van der Waals surface area contributed by atoms with Gasteiger partial charge in [0.25, 0.3) is 5.91 Å². The van der Waals surface area contributed by atoms with E-state index in [0.29, 0.717) is 44.6 Å². The molecular weight excluding hydrogens is 418 g/mol. The number of hydrogen-bond donors (Lipinski definition) is 1. The molecule has 0 aromatic heterocycles. The van der Waals surface area contributed by atoms with Gasteiger partial charge < -0.3 is 24.6 Å². The lowest BCUT2D eigenvalue weighted by Crippen LogP contribution is -2.51. The maximum absolute atomic E-state index is 13.3. The molecule has 2 saturated heterocycles. The molecule has 0 aliphatic carbocycles. The number of amides is 2. The Morgan fingerprint density at radius 3 is 2.21 bits per heavy atom. The van der Waals surface area contributed by atoms with Crippen LogP contribution in [0.5, 0.6) is 5.75 Å². The molecule has 7 heteroatoms. The Morgan fingerprint density at radius 1 is 0.939 bits per heavy atom. The Hall–Kier alpha value is -3.06. The van der Waals surface area contributed by atoms with Gasteiger partial charge in [-0.05, 0) is 63.1 Å². The number of nitrogens with zero attached hydrogens (tertiary/aromatic N) is 2. The summed E-state index contributed by atoms with van der Waals surface area (Å²) < 4.78 is 11.0. The summed E-state index contributed by atoms with van der Waals surface area (Å²) in [5.74, 6) is 0.944. The summed E-state index contributed by atoms with van der Waals surface area (Å²) in [5.41, 5.74) is 2.28. The minimum atomic E-state index is -0.0285. The Morgan fingerprint density at radius 2 is 1.58 bits per heavy atom. The molecule has 176 valence electrons. The maximum Gasteiger partial charge on any atom is 0.255 e. The summed E-state index contributed by atoms with van der Waals surface area (Å²) in [5, 5.41) is 3.35. The molecule has 2 aromatic carbocycles. The second-order valence-electron chi connectivity index (χ2n) is 8.97. The molecule has 2 aliphatic rings. The van der Waals surface area contributed by atoms with E-state index in [-0.39, 0.29) is 29.9 Å². The molecule has 0 radical (unpaired) electrons. The van der Waals surface area contributed by atoms with Crippen LogP contribution in [0.25, 0.3) is 0 Å². The van der Waals surface area contributed by atoms with Gasteiger partial charge >= 0.3 is 0 Å². The number of piperidine rings is 1. The lowest BCUT2D eigenvalue weighted by molar-refractivity contribution is -0.148. The van der Waals surface area contributed by atoms with Crippen LogP contribution < -0.4 is 10.1 Å². The van der Waals surface area contributed by atoms with E-state index in [4.69, 9.17) is 9.47 Å². The fourth-order valence-corrected chi connectivity index (χ4v) is 4.72. The highest BCUT2D eigenvalue weighted by Gasteiger charge is 2.34. The minimum Gasteiger partial charge on any atom is -0.497 e. The van der Waals surface area contributed by atoms with Gasteiger partial charge in [-0.15, -0.1) is 0 Å². The van der Waals surface area contributed by atoms with Gasteiger partial charge in [0.1, 0.15) is 5.75 Å². The molecule has 2 atom stereocenters. The van der Waals surface area contributed by atoms with E-state index >= 15 is 0 Å². The van der Waals surface area contributed by atoms with Gasteiger partial charge in [0, 0.05) is 37.8 Å². The van der Waals surface area contributed by atoms with Crippen LogP contribution in [0.15, 0.2) is 48.5 Å². The van der Waals surface area contributed by atoms with Crippen LogP contribution in [-0.2, 0) is 9.53 Å². The van der Waals surface area contributed by atoms with Gasteiger partial charge in [0.05, 0.1) is 30.6 Å². The van der Waals surface area contributed by atoms with Gasteiger partial charge in [-0.2, -0.15) is 0 Å². The first-order valence-corrected chi connectivity index (χ1v) is 11.7. The van der Waals surface area contributed by atoms with E-state index in [2.05, 4.69) is 5.32 Å². The van der Waals surface area contributed by atoms with Gasteiger partial charge in [0.15, 0.2) is 0 Å². The number of likely N-dealkylation sites (tertiary alicyclic amines) is 1. The number of rotatable bonds is 5. The van der Waals surface area contributed by atoms with E-state index in [9.17, 15) is 9.59 Å². The topological polar surface area (TPSA) is 71.1 Å². The summed E-state index contributed by atoms with van der Waals surface area (Å²) in [6, 6.07) is 15.2. The molecule has 0 bridgehead atoms. The number of nitrogens with one attached hydrogen (secondary N) is 1. The third-order valence-electron chi connectivity index (χ3n) is 6.39. The number of benzene rings is 2. The first-order valence-electron chi connectivity index (χ1n) is 11.7. The van der Waals surface area contributed by atoms with E-state index in [0.717, 1.165) is 17.1 Å². The van der Waals surface area contributed by atoms with Crippen molar-refractivity contribution >= 4 is 23.2 Å². The molecule has 33 heavy (non-hydrogen) atoms. The first-order chi connectivity index (χ1) is 15.9. The van der Waals surface area contributed by atoms with Crippen molar-refractivity contribution in [1.82, 2.24) is 9.80 Å². The van der Waals surface area contributed by atoms with Crippen LogP contribution in [0, 0.1) is 5.92 Å². The summed E-state index contributed by atoms with van der Waals surface area (Å²) in [6.07, 6.45) is 1.51. The largest absolute Gasteiger partial charge is 0.497 e. The van der Waals surface area contributed by atoms with Crippen molar-refractivity contribution in [3.8, 4) is 5.75 Å². The molecule has 4 rings (SSSR count). The van der Waals surface area contributed by atoms with Crippen molar-refractivity contribution in [1.29, 1.82) is 0 Å². The van der Waals surface area contributed by atoms with E-state index in [1.54, 1.807) is 7.11 Å². The number of ether oxygens (including phenoxy) is 2. The number of hydrogen-bond acceptors (Lipinski definition) is 5. The predicted octanol–water partition coefficient (Wildman–Crippen LogP) is 3.93. The Labute approximate surface area is 195 Å². The number of carbonyl (C=O) groups is 2. The van der Waals surface area contributed by atoms with Crippen molar-refractivity contribution in [2.24, 2.45) is 5.92 Å². The second-order valence-corrected chi connectivity index (χ2v) is 8.97. The van der Waals surface area contributed by atoms with Crippen molar-refractivity contribution in [3.63, 3.8) is 0 Å². The molecule has 2 unspecified atom stereocenters. The average molecular weight is 452 g/mol. The molecule has 1 N–H and O–H groups in total. The first kappa shape index (κ1) is 23.1. The lowest BCUT2D eigenvalue weighted by Gasteiger charge is -2.39. The standard InChI is InChI=1S/C26H33N3O4/c1-18-16-29(17-19(2)33-18)25(30)20-12-14-28(15-13-20)26(31)23-6-4-5-7-24(23)27-21-8-10-22(32-3)11-9-21/h4-11,18-20,27H,12-17H2,1-3H3. The van der Waals surface area contributed by atoms with Crippen molar-refractivity contribution in [2.45, 2.75) is 38.9 Å². The fraction of sp³-hybridized carbons (Fsp3) is 0.462. The molecule has 7 nitrogen and oxygen atoms in total. The van der Waals surface area contributed by atoms with Crippen LogP contribution in [0.3, 0.4) is 0 Å². The molecule has 2 amide bonds. The summed E-state index contributed by atoms with van der Waals surface area (Å²) in [4.78, 5) is 30.2. The summed E-state index contributed by atoms with van der Waals surface area (Å²) >= 11 is 0. The Kier molecular flexibility index (Phi) is 7.18. The van der Waals surface area contributed by atoms with Gasteiger partial charge in [0.2, 0.25) is 5.91 Å². The predicted molar refractivity (Wildman–Crippen MR) is 128 cm³/mol. The van der Waals surface area contributed by atoms with Gasteiger partial charge in [-0.3, -0.25) is 9.59 Å². The van der Waals surface area contributed by atoms with Crippen LogP contribution in [0.4, 0.5) is 11.4 Å². The number of morpholine rings is 1. The van der Waals surface area contributed by atoms with Crippen LogP contribution in [-0.4, -0.2) is 67.1 Å². The number of anilines is 2. The molecule has 2 aliphatic heterocycles. The quantitative estimate of drug-likeness (QED) is 0.746. The van der Waals surface area contributed by atoms with Crippen molar-refractivity contribution < 1.29 is 19.1 Å². The Balaban J connectivity index is 1.38. The summed E-state index contributed by atoms with van der Waals surface area (Å²) in [6.45, 7) is 6.48. The van der Waals surface area contributed by atoms with Crippen molar-refractivity contribution in [3.05, 3.63) is 54.1 Å². The van der Waals surface area contributed by atoms with Crippen LogP contribution in [0.2, 0.25) is 0 Å². The molecule has 2 heterocycles. The highest BCUT2D eigenvalue weighted by atomic mass is 16.5. The average Bonchev–Trinajstić information content (AvgIpc) is 2.83. The van der Waals surface area contributed by atoms with Gasteiger partial charge in [-0.25, -0.2) is 0 Å². The smallest absolute Gasteiger partial charge is 0.255 e. The number of methoxy groups -OCH3 is 1. The second kappa shape index (κ2) is 10.3. The maximum atomic E-state index is 13.3. The highest BCUT2D eigenvalue weighted by molar-refractivity contribution is 6.00. The van der Waals surface area contributed by atoms with Crippen molar-refractivity contribution in [2.75, 3.05) is 38.6 Å². The summed E-state index contributed by atoms with van der Waals surface area (Å²) in [7, 11) is 1.63. The fourth-order valence-electron chi connectivity index (χ4n) is 4.72. The van der Waals surface area contributed by atoms with Gasteiger partial charge in [-0.1, -0.05) is 12.1 Å². The SMILES string of the molecule is COc1ccc(Nc2ccccc2C(=O)N2CCC(C(=O)N3CC(C)OC(C)C3)CC2)cc1. The van der Waals surface area contributed by atoms with E-state index in [1.807, 2.05) is 72.2 Å². The third kappa shape index (κ3) is 5.47. The zero-order valence-corrected chi connectivity index (χ0v) is 19.6. The third-order valence-corrected chi connectivity index (χ3v) is 6.39. The number of carbonyl (C=O) groups excluding carboxylic acids is 2. The Bertz CT molecular complexity index is 960. The normalized spacial score (nSPS) is 21.5. The molecule has 2 fully saturated rings. The lowest BCUT2D eigenvalue weighted by atomic mass is 9.94. The monoisotopic (exact) mass is 451 g/mol. The highest BCUT2D eigenvalue weighted by Crippen LogP contribution is 2.27. The molecule has 2 aromatic rings. The van der Waals surface area contributed by atoms with Crippen LogP contribution in [0.1, 0.15) is 37.0 Å². The molecule has 0 saturated carbocycles. The molecule has 0 spiro atoms. The zero-order chi connectivity index (χ0) is 23.4. The van der Waals surface area contributed by atoms with Crippen LogP contribution >= 0.6 is 0 Å². The number of para-hydroxylation sites is 1.